The van der Waals surface area contributed by atoms with Gasteiger partial charge in [-0.1, -0.05) is 0 Å². The van der Waals surface area contributed by atoms with E-state index in [2.05, 4.69) is 0 Å². The molecule has 1 aliphatic rings. The fourth-order valence-corrected chi connectivity index (χ4v) is 2.73. The maximum atomic E-state index is 11.5. The lowest BCUT2D eigenvalue weighted by Gasteiger charge is -2.18. The van der Waals surface area contributed by atoms with Crippen LogP contribution in [0.25, 0.3) is 6.08 Å². The van der Waals surface area contributed by atoms with Crippen molar-refractivity contribution in [1.82, 2.24) is 0 Å². The Hall–Kier alpha value is -2.45. The van der Waals surface area contributed by atoms with Crippen molar-refractivity contribution < 1.29 is 28.7 Å². The molecule has 0 saturated carbocycles. The average molecular weight is 365 g/mol. The summed E-state index contributed by atoms with van der Waals surface area (Å²) in [5.74, 6) is -0.761. The number of ether oxygens (including phenoxy) is 4. The van der Waals surface area contributed by atoms with Gasteiger partial charge in [-0.05, 0) is 32.9 Å². The number of methoxy groups -OCH3 is 1. The van der Waals surface area contributed by atoms with Crippen LogP contribution in [0.2, 0.25) is 0 Å². The first-order valence-electron chi connectivity index (χ1n) is 8.27. The van der Waals surface area contributed by atoms with Crippen LogP contribution in [0.1, 0.15) is 31.9 Å². The fourth-order valence-electron chi connectivity index (χ4n) is 2.73. The molecule has 1 saturated heterocycles. The molecule has 2 rings (SSSR count). The molecule has 0 aliphatic carbocycles. The van der Waals surface area contributed by atoms with Crippen LogP contribution < -0.4 is 4.74 Å². The molecule has 1 aromatic rings. The second-order valence-corrected chi connectivity index (χ2v) is 6.22. The summed E-state index contributed by atoms with van der Waals surface area (Å²) >= 11 is 0. The van der Waals surface area contributed by atoms with Gasteiger partial charge in [-0.25, -0.2) is 4.79 Å². The van der Waals surface area contributed by atoms with E-state index in [1.807, 2.05) is 13.8 Å². The van der Waals surface area contributed by atoms with Gasteiger partial charge in [0.15, 0.2) is 5.79 Å². The average Bonchev–Trinajstić information content (AvgIpc) is 2.92. The number of hydrogen-bond donors (Lipinski definition) is 0. The van der Waals surface area contributed by atoms with Crippen LogP contribution in [0.15, 0.2) is 18.2 Å². The second kappa shape index (κ2) is 8.29. The standard InChI is InChI=1S/C18H23NO7/c1-5-24-17(20)7-6-12-10-16(23-4)13(9-15(12)19(21)22)8-14-11-25-18(2,3)26-14/h6-7,9-10,14H,5,8,11H2,1-4H3/b7-6+. The summed E-state index contributed by atoms with van der Waals surface area (Å²) in [6.45, 7) is 5.94. The number of hydrogen-bond acceptors (Lipinski definition) is 7. The van der Waals surface area contributed by atoms with Crippen molar-refractivity contribution in [1.29, 1.82) is 0 Å². The Balaban J connectivity index is 2.31. The zero-order chi connectivity index (χ0) is 19.3. The molecule has 0 radical (unpaired) electrons. The molecule has 8 heteroatoms. The lowest BCUT2D eigenvalue weighted by Crippen LogP contribution is -2.22. The Kier molecular flexibility index (Phi) is 6.33. The van der Waals surface area contributed by atoms with Gasteiger partial charge < -0.3 is 18.9 Å². The Morgan fingerprint density at radius 3 is 2.73 bits per heavy atom. The van der Waals surface area contributed by atoms with Gasteiger partial charge in [-0.3, -0.25) is 10.1 Å². The normalized spacial score (nSPS) is 18.8. The third kappa shape index (κ3) is 5.03. The molecule has 8 nitrogen and oxygen atoms in total. The SMILES string of the molecule is CCOC(=O)/C=C/c1cc(OC)c(CC2COC(C)(C)O2)cc1[N+](=O)[O-]. The first kappa shape index (κ1) is 19.9. The number of carbonyl (C=O) groups excluding carboxylic acids is 1. The molecule has 0 amide bonds. The molecular formula is C18H23NO7. The summed E-state index contributed by atoms with van der Waals surface area (Å²) in [6.07, 6.45) is 2.69. The number of carbonyl (C=O) groups is 1. The Morgan fingerprint density at radius 1 is 1.46 bits per heavy atom. The van der Waals surface area contributed by atoms with Crippen molar-refractivity contribution in [3.63, 3.8) is 0 Å². The van der Waals surface area contributed by atoms with Crippen molar-refractivity contribution in [2.24, 2.45) is 0 Å². The van der Waals surface area contributed by atoms with Gasteiger partial charge >= 0.3 is 5.97 Å². The first-order chi connectivity index (χ1) is 12.3. The Labute approximate surface area is 151 Å². The largest absolute Gasteiger partial charge is 0.496 e. The van der Waals surface area contributed by atoms with Crippen LogP contribution in [-0.4, -0.2) is 43.1 Å². The van der Waals surface area contributed by atoms with Crippen molar-refractivity contribution in [3.8, 4) is 5.75 Å². The predicted octanol–water partition coefficient (Wildman–Crippen LogP) is 2.87. The van der Waals surface area contributed by atoms with E-state index in [1.165, 1.54) is 25.3 Å². The Bertz CT molecular complexity index is 712. The molecule has 0 N–H and O–H groups in total. The van der Waals surface area contributed by atoms with Gasteiger partial charge in [0.25, 0.3) is 5.69 Å². The highest BCUT2D eigenvalue weighted by molar-refractivity contribution is 5.88. The van der Waals surface area contributed by atoms with Gasteiger partial charge in [0, 0.05) is 24.1 Å². The van der Waals surface area contributed by atoms with E-state index in [9.17, 15) is 14.9 Å². The quantitative estimate of drug-likeness (QED) is 0.317. The van der Waals surface area contributed by atoms with E-state index in [4.69, 9.17) is 18.9 Å². The maximum Gasteiger partial charge on any atom is 0.330 e. The van der Waals surface area contributed by atoms with E-state index in [-0.39, 0.29) is 24.0 Å². The molecular weight excluding hydrogens is 342 g/mol. The minimum atomic E-state index is -0.674. The molecule has 1 heterocycles. The summed E-state index contributed by atoms with van der Waals surface area (Å²) in [4.78, 5) is 22.4. The van der Waals surface area contributed by atoms with Crippen LogP contribution in [0.4, 0.5) is 5.69 Å². The number of nitrogens with zero attached hydrogens (tertiary/aromatic N) is 1. The van der Waals surface area contributed by atoms with Crippen molar-refractivity contribution in [3.05, 3.63) is 39.4 Å². The van der Waals surface area contributed by atoms with Crippen molar-refractivity contribution in [2.75, 3.05) is 20.3 Å². The minimum Gasteiger partial charge on any atom is -0.496 e. The summed E-state index contributed by atoms with van der Waals surface area (Å²) in [7, 11) is 1.49. The van der Waals surface area contributed by atoms with Crippen molar-refractivity contribution >= 4 is 17.7 Å². The molecule has 1 aromatic carbocycles. The molecule has 1 aliphatic heterocycles. The van der Waals surface area contributed by atoms with Crippen LogP contribution in [0.3, 0.4) is 0 Å². The highest BCUT2D eigenvalue weighted by Gasteiger charge is 2.33. The molecule has 0 spiro atoms. The topological polar surface area (TPSA) is 97.1 Å². The van der Waals surface area contributed by atoms with Gasteiger partial charge in [0.1, 0.15) is 5.75 Å². The van der Waals surface area contributed by atoms with E-state index < -0.39 is 16.7 Å². The van der Waals surface area contributed by atoms with E-state index in [0.717, 1.165) is 6.08 Å². The number of esters is 1. The second-order valence-electron chi connectivity index (χ2n) is 6.22. The zero-order valence-corrected chi connectivity index (χ0v) is 15.3. The van der Waals surface area contributed by atoms with Crippen LogP contribution >= 0.6 is 0 Å². The highest BCUT2D eigenvalue weighted by Crippen LogP contribution is 2.33. The third-order valence-corrected chi connectivity index (χ3v) is 3.83. The van der Waals surface area contributed by atoms with Crippen LogP contribution in [0.5, 0.6) is 5.75 Å². The van der Waals surface area contributed by atoms with Gasteiger partial charge in [0.2, 0.25) is 0 Å². The molecule has 1 fully saturated rings. The number of benzene rings is 1. The highest BCUT2D eigenvalue weighted by atomic mass is 16.7. The minimum absolute atomic E-state index is 0.125. The lowest BCUT2D eigenvalue weighted by molar-refractivity contribution is -0.385. The molecule has 0 bridgehead atoms. The number of nitro benzene ring substituents is 1. The third-order valence-electron chi connectivity index (χ3n) is 3.83. The van der Waals surface area contributed by atoms with Gasteiger partial charge in [-0.2, -0.15) is 0 Å². The van der Waals surface area contributed by atoms with Gasteiger partial charge in [0.05, 0.1) is 36.9 Å². The van der Waals surface area contributed by atoms with Crippen molar-refractivity contribution in [2.45, 2.75) is 39.1 Å². The number of rotatable bonds is 7. The summed E-state index contributed by atoms with van der Waals surface area (Å²) in [5.41, 5.74) is 0.769. The van der Waals surface area contributed by atoms with E-state index in [0.29, 0.717) is 24.3 Å². The van der Waals surface area contributed by atoms with Gasteiger partial charge in [-0.15, -0.1) is 0 Å². The first-order valence-corrected chi connectivity index (χ1v) is 8.27. The lowest BCUT2D eigenvalue weighted by atomic mass is 10.0. The summed E-state index contributed by atoms with van der Waals surface area (Å²) < 4.78 is 21.5. The molecule has 1 unspecified atom stereocenters. The fraction of sp³-hybridized carbons (Fsp3) is 0.500. The van der Waals surface area contributed by atoms with Crippen LogP contribution in [-0.2, 0) is 25.4 Å². The maximum absolute atomic E-state index is 11.5. The Morgan fingerprint density at radius 2 is 2.19 bits per heavy atom. The van der Waals surface area contributed by atoms with E-state index in [1.54, 1.807) is 6.92 Å². The number of nitro groups is 1. The molecule has 1 atom stereocenters. The smallest absolute Gasteiger partial charge is 0.330 e. The molecule has 142 valence electrons. The molecule has 26 heavy (non-hydrogen) atoms. The molecule has 0 aromatic heterocycles. The predicted molar refractivity (Wildman–Crippen MR) is 93.9 cm³/mol. The van der Waals surface area contributed by atoms with E-state index >= 15 is 0 Å². The monoisotopic (exact) mass is 365 g/mol. The summed E-state index contributed by atoms with van der Waals surface area (Å²) in [5, 5.41) is 11.4. The summed E-state index contributed by atoms with van der Waals surface area (Å²) in [6, 6.07) is 2.97. The van der Waals surface area contributed by atoms with Crippen LogP contribution in [0, 0.1) is 10.1 Å². The zero-order valence-electron chi connectivity index (χ0n) is 15.3.